The Hall–Kier alpha value is -0.930. The molecule has 1 aromatic rings. The van der Waals surface area contributed by atoms with E-state index in [1.807, 2.05) is 32.8 Å². The lowest BCUT2D eigenvalue weighted by Crippen LogP contribution is -2.14. The van der Waals surface area contributed by atoms with Crippen molar-refractivity contribution in [1.82, 2.24) is 9.27 Å². The maximum absolute atomic E-state index is 9.11. The van der Waals surface area contributed by atoms with Crippen LogP contribution in [0.25, 0.3) is 0 Å². The maximum Gasteiger partial charge on any atom is 0.173 e. The van der Waals surface area contributed by atoms with Gasteiger partial charge in [0.25, 0.3) is 0 Å². The molecule has 0 saturated carbocycles. The third kappa shape index (κ3) is 2.80. The molecule has 1 rings (SSSR count). The first kappa shape index (κ1) is 13.1. The molecule has 0 aliphatic rings. The smallest absolute Gasteiger partial charge is 0.173 e. The predicted octanol–water partition coefficient (Wildman–Crippen LogP) is 3.08. The molecule has 0 N–H and O–H groups in total. The summed E-state index contributed by atoms with van der Waals surface area (Å²) >= 11 is 4.59. The van der Waals surface area contributed by atoms with Crippen molar-refractivity contribution in [1.29, 1.82) is 5.26 Å². The largest absolute Gasteiger partial charge is 0.357 e. The molecule has 1 heterocycles. The summed E-state index contributed by atoms with van der Waals surface area (Å²) < 4.78 is 4.95. The minimum Gasteiger partial charge on any atom is -0.357 e. The third-order valence-corrected chi connectivity index (χ3v) is 3.56. The van der Waals surface area contributed by atoms with Gasteiger partial charge in [-0.1, -0.05) is 13.8 Å². The van der Waals surface area contributed by atoms with Gasteiger partial charge in [-0.25, -0.2) is 4.99 Å². The van der Waals surface area contributed by atoms with E-state index in [2.05, 4.69) is 31.4 Å². The normalized spacial score (nSPS) is 11.7. The van der Waals surface area contributed by atoms with E-state index in [0.29, 0.717) is 15.3 Å². The molecular formula is C10H13BrN4S. The van der Waals surface area contributed by atoms with Crippen LogP contribution < -0.4 is 0 Å². The van der Waals surface area contributed by atoms with E-state index in [1.54, 1.807) is 0 Å². The van der Waals surface area contributed by atoms with E-state index in [1.165, 1.54) is 11.5 Å². The number of halogens is 1. The highest BCUT2D eigenvalue weighted by Crippen LogP contribution is 2.31. The van der Waals surface area contributed by atoms with Crippen molar-refractivity contribution in [2.45, 2.75) is 19.8 Å². The number of nitriles is 1. The average molecular weight is 301 g/mol. The van der Waals surface area contributed by atoms with Crippen LogP contribution in [0.2, 0.25) is 0 Å². The predicted molar refractivity (Wildman–Crippen MR) is 70.6 cm³/mol. The van der Waals surface area contributed by atoms with Gasteiger partial charge in [-0.15, -0.1) is 0 Å². The summed E-state index contributed by atoms with van der Waals surface area (Å²) in [4.78, 5) is 6.15. The number of rotatable bonds is 2. The topological polar surface area (TPSA) is 52.3 Å². The van der Waals surface area contributed by atoms with Gasteiger partial charge >= 0.3 is 0 Å². The standard InChI is InChI=1S/C10H13BrN4S/c1-6(2)8-7(5-12)9(16-14-8)13-10(11)15(3)4/h6H,1-4H3/b13-10-. The van der Waals surface area contributed by atoms with Crippen molar-refractivity contribution in [2.75, 3.05) is 14.1 Å². The maximum atomic E-state index is 9.11. The Morgan fingerprint density at radius 3 is 2.62 bits per heavy atom. The molecule has 1 aromatic heterocycles. The SMILES string of the molecule is CC(C)c1nsc(/N=C(/Br)N(C)C)c1C#N. The molecule has 0 atom stereocenters. The lowest BCUT2D eigenvalue weighted by molar-refractivity contribution is 0.638. The highest BCUT2D eigenvalue weighted by atomic mass is 79.9. The van der Waals surface area contributed by atoms with Crippen LogP contribution in [0, 0.1) is 11.3 Å². The van der Waals surface area contributed by atoms with E-state index >= 15 is 0 Å². The summed E-state index contributed by atoms with van der Waals surface area (Å²) in [6.45, 7) is 4.04. The van der Waals surface area contributed by atoms with E-state index in [0.717, 1.165) is 5.69 Å². The number of nitrogens with zero attached hydrogens (tertiary/aromatic N) is 4. The van der Waals surface area contributed by atoms with Crippen LogP contribution >= 0.6 is 27.5 Å². The highest BCUT2D eigenvalue weighted by Gasteiger charge is 2.16. The minimum atomic E-state index is 0.244. The van der Waals surface area contributed by atoms with Crippen molar-refractivity contribution in [3.63, 3.8) is 0 Å². The molecule has 86 valence electrons. The van der Waals surface area contributed by atoms with E-state index < -0.39 is 0 Å². The second-order valence-corrected chi connectivity index (χ2v) is 5.25. The molecule has 0 unspecified atom stereocenters. The molecule has 16 heavy (non-hydrogen) atoms. The van der Waals surface area contributed by atoms with E-state index in [9.17, 15) is 0 Å². The Morgan fingerprint density at radius 1 is 1.56 bits per heavy atom. The Balaban J connectivity index is 3.18. The highest BCUT2D eigenvalue weighted by molar-refractivity contribution is 9.18. The first-order valence-corrected chi connectivity index (χ1v) is 6.35. The summed E-state index contributed by atoms with van der Waals surface area (Å²) in [6.07, 6.45) is 0. The molecule has 6 heteroatoms. The monoisotopic (exact) mass is 300 g/mol. The molecule has 0 radical (unpaired) electrons. The average Bonchev–Trinajstić information content (AvgIpc) is 2.60. The van der Waals surface area contributed by atoms with Gasteiger partial charge in [0.15, 0.2) is 9.75 Å². The van der Waals surface area contributed by atoms with Crippen LogP contribution in [0.5, 0.6) is 0 Å². The first-order chi connectivity index (χ1) is 7.47. The number of aliphatic imine (C=N–C) groups is 1. The van der Waals surface area contributed by atoms with Crippen LogP contribution in [-0.2, 0) is 0 Å². The zero-order chi connectivity index (χ0) is 12.3. The Bertz CT molecular complexity index is 442. The third-order valence-electron chi connectivity index (χ3n) is 1.92. The summed E-state index contributed by atoms with van der Waals surface area (Å²) in [5.41, 5.74) is 1.41. The van der Waals surface area contributed by atoms with Gasteiger partial charge in [-0.2, -0.15) is 9.64 Å². The van der Waals surface area contributed by atoms with Crippen molar-refractivity contribution >= 4 is 37.2 Å². The zero-order valence-corrected chi connectivity index (χ0v) is 12.1. The second-order valence-electron chi connectivity index (χ2n) is 3.79. The molecule has 0 aliphatic heterocycles. The summed E-state index contributed by atoms with van der Waals surface area (Å²) in [7, 11) is 3.76. The summed E-state index contributed by atoms with van der Waals surface area (Å²) in [5.74, 6) is 0.244. The van der Waals surface area contributed by atoms with Gasteiger partial charge in [-0.05, 0) is 33.4 Å². The van der Waals surface area contributed by atoms with Crippen molar-refractivity contribution in [3.05, 3.63) is 11.3 Å². The van der Waals surface area contributed by atoms with Crippen LogP contribution in [0.4, 0.5) is 5.00 Å². The number of amidine groups is 1. The van der Waals surface area contributed by atoms with Gasteiger partial charge < -0.3 is 4.90 Å². The molecule has 0 aromatic carbocycles. The molecule has 0 fully saturated rings. The molecule has 0 spiro atoms. The Labute approximate surface area is 108 Å². The van der Waals surface area contributed by atoms with E-state index in [-0.39, 0.29) is 5.92 Å². The van der Waals surface area contributed by atoms with Crippen LogP contribution in [0.3, 0.4) is 0 Å². The quantitative estimate of drug-likeness (QED) is 0.479. The first-order valence-electron chi connectivity index (χ1n) is 4.78. The molecule has 0 amide bonds. The fourth-order valence-corrected chi connectivity index (χ4v) is 2.20. The molecule has 0 saturated heterocycles. The number of hydrogen-bond acceptors (Lipinski definition) is 4. The molecule has 0 aliphatic carbocycles. The molecular weight excluding hydrogens is 288 g/mol. The van der Waals surface area contributed by atoms with Crippen molar-refractivity contribution in [3.8, 4) is 6.07 Å². The summed E-state index contributed by atoms with van der Waals surface area (Å²) in [5, 5.41) is 9.77. The minimum absolute atomic E-state index is 0.244. The fraction of sp³-hybridized carbons (Fsp3) is 0.500. The molecule has 4 nitrogen and oxygen atoms in total. The van der Waals surface area contributed by atoms with Gasteiger partial charge in [0.2, 0.25) is 0 Å². The second kappa shape index (κ2) is 5.41. The molecule has 0 bridgehead atoms. The summed E-state index contributed by atoms with van der Waals surface area (Å²) in [6, 6.07) is 2.17. The van der Waals surface area contributed by atoms with Crippen LogP contribution in [-0.4, -0.2) is 28.1 Å². The van der Waals surface area contributed by atoms with Crippen molar-refractivity contribution in [2.24, 2.45) is 4.99 Å². The number of aromatic nitrogens is 1. The fourth-order valence-electron chi connectivity index (χ4n) is 1.05. The van der Waals surface area contributed by atoms with Gasteiger partial charge in [0.05, 0.1) is 5.69 Å². The van der Waals surface area contributed by atoms with Crippen molar-refractivity contribution < 1.29 is 0 Å². The van der Waals surface area contributed by atoms with Gasteiger partial charge in [-0.3, -0.25) is 0 Å². The van der Waals surface area contributed by atoms with Gasteiger partial charge in [0, 0.05) is 14.1 Å². The Kier molecular flexibility index (Phi) is 4.44. The lowest BCUT2D eigenvalue weighted by Gasteiger charge is -2.08. The number of hydrogen-bond donors (Lipinski definition) is 0. The van der Waals surface area contributed by atoms with E-state index in [4.69, 9.17) is 5.26 Å². The van der Waals surface area contributed by atoms with Crippen LogP contribution in [0.15, 0.2) is 4.99 Å². The van der Waals surface area contributed by atoms with Gasteiger partial charge in [0.1, 0.15) is 11.6 Å². The zero-order valence-electron chi connectivity index (χ0n) is 9.65. The van der Waals surface area contributed by atoms with Crippen LogP contribution in [0.1, 0.15) is 31.0 Å². The Morgan fingerprint density at radius 2 is 2.19 bits per heavy atom. The lowest BCUT2D eigenvalue weighted by atomic mass is 10.1.